The summed E-state index contributed by atoms with van der Waals surface area (Å²) in [5, 5.41) is 10.2. The maximum atomic E-state index is 12.4. The number of benzene rings is 1. The highest BCUT2D eigenvalue weighted by Crippen LogP contribution is 2.31. The van der Waals surface area contributed by atoms with Crippen LogP contribution in [0.5, 0.6) is 11.5 Å². The number of hydrogen-bond acceptors (Lipinski definition) is 6. The van der Waals surface area contributed by atoms with Gasteiger partial charge in [-0.1, -0.05) is 33.8 Å². The Morgan fingerprint density at radius 1 is 0.931 bits per heavy atom. The molecule has 1 atom stereocenters. The summed E-state index contributed by atoms with van der Waals surface area (Å²) in [6, 6.07) is 4.74. The second-order valence-corrected chi connectivity index (χ2v) is 6.79. The number of esters is 1. The minimum absolute atomic E-state index is 0.0811. The highest BCUT2D eigenvalue weighted by Gasteiger charge is 2.21. The van der Waals surface area contributed by atoms with Crippen LogP contribution in [0, 0.1) is 0 Å². The van der Waals surface area contributed by atoms with E-state index in [9.17, 15) is 14.7 Å². The molecule has 1 unspecified atom stereocenters. The zero-order chi connectivity index (χ0) is 21.6. The number of amides is 1. The van der Waals surface area contributed by atoms with E-state index < -0.39 is 12.1 Å². The molecule has 29 heavy (non-hydrogen) atoms. The van der Waals surface area contributed by atoms with Gasteiger partial charge in [-0.05, 0) is 43.4 Å². The number of hydrogen-bond donors (Lipinski definition) is 1. The molecule has 0 aliphatic rings. The molecule has 0 spiro atoms. The lowest BCUT2D eigenvalue weighted by Crippen LogP contribution is -2.36. The first-order valence-electron chi connectivity index (χ1n) is 10.5. The van der Waals surface area contributed by atoms with Crippen LogP contribution in [-0.2, 0) is 14.3 Å². The number of aliphatic hydroxyl groups excluding tert-OH is 1. The highest BCUT2D eigenvalue weighted by molar-refractivity contribution is 5.78. The molecule has 0 radical (unpaired) electrons. The van der Waals surface area contributed by atoms with Crippen LogP contribution < -0.4 is 9.47 Å². The first kappa shape index (κ1) is 24.8. The second kappa shape index (κ2) is 13.8. The SMILES string of the molecule is CCCOC(=O)C(O)c1ccc(OCC(=O)N(CCC)CCC)c(OCCC)c1. The van der Waals surface area contributed by atoms with Crippen LogP contribution in [0.2, 0.25) is 0 Å². The van der Waals surface area contributed by atoms with E-state index in [0.717, 1.165) is 19.3 Å². The van der Waals surface area contributed by atoms with Gasteiger partial charge in [0, 0.05) is 13.1 Å². The van der Waals surface area contributed by atoms with Gasteiger partial charge in [0.25, 0.3) is 5.91 Å². The topological polar surface area (TPSA) is 85.3 Å². The predicted molar refractivity (Wildman–Crippen MR) is 111 cm³/mol. The van der Waals surface area contributed by atoms with Crippen LogP contribution in [0.1, 0.15) is 65.0 Å². The summed E-state index contributed by atoms with van der Waals surface area (Å²) in [7, 11) is 0. The number of rotatable bonds is 14. The van der Waals surface area contributed by atoms with E-state index in [1.54, 1.807) is 23.1 Å². The monoisotopic (exact) mass is 409 g/mol. The Bertz CT molecular complexity index is 628. The fraction of sp³-hybridized carbons (Fsp3) is 0.636. The van der Waals surface area contributed by atoms with Crippen molar-refractivity contribution in [1.82, 2.24) is 4.90 Å². The van der Waals surface area contributed by atoms with Gasteiger partial charge in [0.2, 0.25) is 0 Å². The summed E-state index contributed by atoms with van der Waals surface area (Å²) >= 11 is 0. The van der Waals surface area contributed by atoms with Crippen molar-refractivity contribution in [3.63, 3.8) is 0 Å². The van der Waals surface area contributed by atoms with Gasteiger partial charge in [0.05, 0.1) is 13.2 Å². The average molecular weight is 410 g/mol. The van der Waals surface area contributed by atoms with Crippen molar-refractivity contribution in [2.75, 3.05) is 32.9 Å². The molecular formula is C22H35NO6. The summed E-state index contributed by atoms with van der Waals surface area (Å²) in [5.74, 6) is 0.00366. The number of carbonyl (C=O) groups is 2. The quantitative estimate of drug-likeness (QED) is 0.474. The third-order valence-electron chi connectivity index (χ3n) is 4.11. The minimum Gasteiger partial charge on any atom is -0.490 e. The van der Waals surface area contributed by atoms with Crippen LogP contribution in [0.15, 0.2) is 18.2 Å². The summed E-state index contributed by atoms with van der Waals surface area (Å²) < 4.78 is 16.4. The molecule has 1 N–H and O–H groups in total. The number of nitrogens with zero attached hydrogens (tertiary/aromatic N) is 1. The van der Waals surface area contributed by atoms with E-state index in [1.807, 2.05) is 27.7 Å². The summed E-state index contributed by atoms with van der Waals surface area (Å²) in [4.78, 5) is 26.2. The molecule has 1 rings (SSSR count). The molecular weight excluding hydrogens is 374 g/mol. The number of carbonyl (C=O) groups excluding carboxylic acids is 2. The first-order chi connectivity index (χ1) is 14.0. The molecule has 0 saturated carbocycles. The fourth-order valence-electron chi connectivity index (χ4n) is 2.69. The standard InChI is InChI=1S/C22H35NO6/c1-5-11-23(12-6-2)20(24)16-29-18-10-9-17(15-19(18)27-13-7-3)21(25)22(26)28-14-8-4/h9-10,15,21,25H,5-8,11-14,16H2,1-4H3. The maximum Gasteiger partial charge on any atom is 0.339 e. The Balaban J connectivity index is 2.90. The largest absolute Gasteiger partial charge is 0.490 e. The van der Waals surface area contributed by atoms with E-state index in [-0.39, 0.29) is 19.1 Å². The molecule has 0 aliphatic carbocycles. The molecule has 0 bridgehead atoms. The van der Waals surface area contributed by atoms with E-state index in [2.05, 4.69) is 0 Å². The van der Waals surface area contributed by atoms with Crippen molar-refractivity contribution in [3.8, 4) is 11.5 Å². The van der Waals surface area contributed by atoms with Crippen LogP contribution in [0.4, 0.5) is 0 Å². The minimum atomic E-state index is -1.40. The first-order valence-corrected chi connectivity index (χ1v) is 10.5. The Morgan fingerprint density at radius 3 is 2.17 bits per heavy atom. The molecule has 0 aliphatic heterocycles. The number of ether oxygens (including phenoxy) is 3. The summed E-state index contributed by atoms with van der Waals surface area (Å²) in [6.07, 6.45) is 1.84. The molecule has 164 valence electrons. The van der Waals surface area contributed by atoms with Gasteiger partial charge in [-0.2, -0.15) is 0 Å². The van der Waals surface area contributed by atoms with Crippen molar-refractivity contribution in [3.05, 3.63) is 23.8 Å². The van der Waals surface area contributed by atoms with E-state index in [4.69, 9.17) is 14.2 Å². The lowest BCUT2D eigenvalue weighted by atomic mass is 10.1. The Hall–Kier alpha value is -2.28. The van der Waals surface area contributed by atoms with Crippen molar-refractivity contribution < 1.29 is 28.9 Å². The molecule has 7 heteroatoms. The maximum absolute atomic E-state index is 12.4. The molecule has 0 fully saturated rings. The highest BCUT2D eigenvalue weighted by atomic mass is 16.5. The van der Waals surface area contributed by atoms with Crippen molar-refractivity contribution in [2.24, 2.45) is 0 Å². The average Bonchev–Trinajstić information content (AvgIpc) is 2.73. The Labute approximate surface area is 173 Å². The van der Waals surface area contributed by atoms with Gasteiger partial charge in [-0.25, -0.2) is 4.79 Å². The zero-order valence-corrected chi connectivity index (χ0v) is 18.1. The van der Waals surface area contributed by atoms with E-state index in [1.165, 1.54) is 0 Å². The van der Waals surface area contributed by atoms with Crippen LogP contribution >= 0.6 is 0 Å². The molecule has 1 aromatic rings. The number of aliphatic hydroxyl groups is 1. The van der Waals surface area contributed by atoms with Crippen LogP contribution in [0.3, 0.4) is 0 Å². The smallest absolute Gasteiger partial charge is 0.339 e. The predicted octanol–water partition coefficient (Wildman–Crippen LogP) is 3.49. The van der Waals surface area contributed by atoms with Crippen molar-refractivity contribution in [1.29, 1.82) is 0 Å². The molecule has 1 aromatic carbocycles. The molecule has 7 nitrogen and oxygen atoms in total. The van der Waals surface area contributed by atoms with Gasteiger partial charge >= 0.3 is 5.97 Å². The van der Waals surface area contributed by atoms with Crippen LogP contribution in [-0.4, -0.2) is 54.8 Å². The Kier molecular flexibility index (Phi) is 11.8. The molecule has 0 saturated heterocycles. The summed E-state index contributed by atoms with van der Waals surface area (Å²) in [5.41, 5.74) is 0.356. The normalized spacial score (nSPS) is 11.6. The van der Waals surface area contributed by atoms with Gasteiger partial charge in [0.1, 0.15) is 0 Å². The van der Waals surface area contributed by atoms with Gasteiger partial charge in [-0.15, -0.1) is 0 Å². The van der Waals surface area contributed by atoms with Gasteiger partial charge < -0.3 is 24.2 Å². The molecule has 0 heterocycles. The second-order valence-electron chi connectivity index (χ2n) is 6.79. The Morgan fingerprint density at radius 2 is 1.59 bits per heavy atom. The third-order valence-corrected chi connectivity index (χ3v) is 4.11. The fourth-order valence-corrected chi connectivity index (χ4v) is 2.69. The van der Waals surface area contributed by atoms with Gasteiger partial charge in [-0.3, -0.25) is 4.79 Å². The lowest BCUT2D eigenvalue weighted by Gasteiger charge is -2.22. The zero-order valence-electron chi connectivity index (χ0n) is 18.1. The molecule has 0 aromatic heterocycles. The lowest BCUT2D eigenvalue weighted by molar-refractivity contribution is -0.153. The summed E-state index contributed by atoms with van der Waals surface area (Å²) in [6.45, 7) is 9.91. The van der Waals surface area contributed by atoms with Crippen LogP contribution in [0.25, 0.3) is 0 Å². The van der Waals surface area contributed by atoms with Gasteiger partial charge in [0.15, 0.2) is 24.2 Å². The molecule has 1 amide bonds. The van der Waals surface area contributed by atoms with E-state index in [0.29, 0.717) is 43.2 Å². The van der Waals surface area contributed by atoms with E-state index >= 15 is 0 Å². The van der Waals surface area contributed by atoms with Crippen molar-refractivity contribution in [2.45, 2.75) is 59.5 Å². The third kappa shape index (κ3) is 8.31. The van der Waals surface area contributed by atoms with Crippen molar-refractivity contribution >= 4 is 11.9 Å².